The Morgan fingerprint density at radius 3 is 3.24 bits per heavy atom. The van der Waals surface area contributed by atoms with Crippen molar-refractivity contribution in [3.8, 4) is 0 Å². The SMILES string of the molecule is O=C(NCc1ccco1)C1CCCN1Cc1nnsc1Cl. The summed E-state index contributed by atoms with van der Waals surface area (Å²) in [6.07, 6.45) is 3.44. The maximum atomic E-state index is 12.3. The second-order valence-electron chi connectivity index (χ2n) is 4.92. The van der Waals surface area contributed by atoms with Gasteiger partial charge in [0.05, 0.1) is 18.8 Å². The van der Waals surface area contributed by atoms with E-state index >= 15 is 0 Å². The Bertz CT molecular complexity index is 601. The van der Waals surface area contributed by atoms with Gasteiger partial charge in [-0.3, -0.25) is 9.69 Å². The molecule has 0 saturated carbocycles. The van der Waals surface area contributed by atoms with E-state index < -0.39 is 0 Å². The molecule has 2 aromatic heterocycles. The number of aromatic nitrogens is 2. The third kappa shape index (κ3) is 3.42. The lowest BCUT2D eigenvalue weighted by molar-refractivity contribution is -0.125. The zero-order valence-electron chi connectivity index (χ0n) is 11.3. The summed E-state index contributed by atoms with van der Waals surface area (Å²) in [6, 6.07) is 3.51. The number of carbonyl (C=O) groups excluding carboxylic acids is 1. The quantitative estimate of drug-likeness (QED) is 0.910. The molecule has 0 aliphatic carbocycles. The number of furan rings is 1. The molecule has 1 aliphatic heterocycles. The van der Waals surface area contributed by atoms with Gasteiger partial charge >= 0.3 is 0 Å². The Morgan fingerprint density at radius 2 is 2.52 bits per heavy atom. The average molecular weight is 327 g/mol. The number of hydrogen-bond donors (Lipinski definition) is 1. The van der Waals surface area contributed by atoms with Gasteiger partial charge in [-0.15, -0.1) is 5.10 Å². The molecule has 3 rings (SSSR count). The minimum Gasteiger partial charge on any atom is -0.467 e. The van der Waals surface area contributed by atoms with Crippen LogP contribution >= 0.6 is 23.1 Å². The molecule has 1 fully saturated rings. The Kier molecular flexibility index (Phi) is 4.52. The van der Waals surface area contributed by atoms with Gasteiger partial charge in [-0.1, -0.05) is 16.1 Å². The number of rotatable bonds is 5. The van der Waals surface area contributed by atoms with Crippen molar-refractivity contribution in [1.29, 1.82) is 0 Å². The Hall–Kier alpha value is -1.44. The monoisotopic (exact) mass is 326 g/mol. The molecule has 0 bridgehead atoms. The molecule has 3 heterocycles. The fraction of sp³-hybridized carbons (Fsp3) is 0.462. The second kappa shape index (κ2) is 6.55. The van der Waals surface area contributed by atoms with Crippen LogP contribution in [0.15, 0.2) is 22.8 Å². The largest absolute Gasteiger partial charge is 0.467 e. The second-order valence-corrected chi connectivity index (χ2v) is 6.28. The van der Waals surface area contributed by atoms with Crippen molar-refractivity contribution in [2.45, 2.75) is 32.0 Å². The molecule has 1 amide bonds. The molecule has 112 valence electrons. The molecule has 0 spiro atoms. The molecule has 1 saturated heterocycles. The first-order valence-electron chi connectivity index (χ1n) is 6.75. The number of amides is 1. The summed E-state index contributed by atoms with van der Waals surface area (Å²) in [7, 11) is 0. The number of nitrogens with zero attached hydrogens (tertiary/aromatic N) is 3. The van der Waals surface area contributed by atoms with Gasteiger partial charge < -0.3 is 9.73 Å². The summed E-state index contributed by atoms with van der Waals surface area (Å²) in [5.41, 5.74) is 0.743. The lowest BCUT2D eigenvalue weighted by atomic mass is 10.2. The summed E-state index contributed by atoms with van der Waals surface area (Å²) in [4.78, 5) is 14.4. The topological polar surface area (TPSA) is 71.3 Å². The highest BCUT2D eigenvalue weighted by Gasteiger charge is 2.31. The molecular weight excluding hydrogens is 312 g/mol. The predicted octanol–water partition coefficient (Wildman–Crippen LogP) is 2.07. The van der Waals surface area contributed by atoms with E-state index in [4.69, 9.17) is 16.0 Å². The fourth-order valence-corrected chi connectivity index (χ4v) is 3.11. The average Bonchev–Trinajstić information content (AvgIpc) is 3.20. The molecule has 21 heavy (non-hydrogen) atoms. The number of carbonyl (C=O) groups is 1. The third-order valence-corrected chi connectivity index (χ3v) is 4.53. The van der Waals surface area contributed by atoms with Gasteiger partial charge in [-0.05, 0) is 31.5 Å². The summed E-state index contributed by atoms with van der Waals surface area (Å²) < 4.78 is 9.63. The highest BCUT2D eigenvalue weighted by Crippen LogP contribution is 2.24. The lowest BCUT2D eigenvalue weighted by Crippen LogP contribution is -2.42. The van der Waals surface area contributed by atoms with Gasteiger partial charge in [0.1, 0.15) is 15.8 Å². The smallest absolute Gasteiger partial charge is 0.237 e. The Morgan fingerprint density at radius 1 is 1.62 bits per heavy atom. The van der Waals surface area contributed by atoms with Crippen LogP contribution in [0.5, 0.6) is 0 Å². The maximum absolute atomic E-state index is 12.3. The van der Waals surface area contributed by atoms with Crippen LogP contribution in [0.25, 0.3) is 0 Å². The summed E-state index contributed by atoms with van der Waals surface area (Å²) in [6.45, 7) is 1.84. The van der Waals surface area contributed by atoms with E-state index in [1.54, 1.807) is 12.3 Å². The van der Waals surface area contributed by atoms with Crippen LogP contribution in [-0.4, -0.2) is 33.0 Å². The van der Waals surface area contributed by atoms with Crippen molar-refractivity contribution in [3.05, 3.63) is 34.2 Å². The molecule has 1 unspecified atom stereocenters. The molecule has 8 heteroatoms. The van der Waals surface area contributed by atoms with Gasteiger partial charge in [0, 0.05) is 18.1 Å². The Labute approximate surface area is 131 Å². The van der Waals surface area contributed by atoms with Crippen LogP contribution in [0.3, 0.4) is 0 Å². The van der Waals surface area contributed by atoms with Crippen molar-refractivity contribution in [1.82, 2.24) is 19.8 Å². The van der Waals surface area contributed by atoms with Crippen LogP contribution in [-0.2, 0) is 17.9 Å². The Balaban J connectivity index is 1.58. The number of nitrogens with one attached hydrogen (secondary N) is 1. The zero-order chi connectivity index (χ0) is 14.7. The molecule has 2 aromatic rings. The predicted molar refractivity (Wildman–Crippen MR) is 78.9 cm³/mol. The summed E-state index contributed by atoms with van der Waals surface area (Å²) in [5.74, 6) is 0.767. The molecule has 0 radical (unpaired) electrons. The normalized spacial score (nSPS) is 19.0. The van der Waals surface area contributed by atoms with Crippen molar-refractivity contribution in [2.75, 3.05) is 6.54 Å². The molecule has 0 aromatic carbocycles. The number of hydrogen-bond acceptors (Lipinski definition) is 6. The van der Waals surface area contributed by atoms with Gasteiger partial charge in [0.15, 0.2) is 0 Å². The number of halogens is 1. The first-order valence-corrected chi connectivity index (χ1v) is 7.90. The highest BCUT2D eigenvalue weighted by molar-refractivity contribution is 7.10. The zero-order valence-corrected chi connectivity index (χ0v) is 12.9. The fourth-order valence-electron chi connectivity index (χ4n) is 2.50. The summed E-state index contributed by atoms with van der Waals surface area (Å²) >= 11 is 7.20. The van der Waals surface area contributed by atoms with E-state index in [2.05, 4.69) is 19.8 Å². The van der Waals surface area contributed by atoms with Crippen LogP contribution in [0.4, 0.5) is 0 Å². The van der Waals surface area contributed by atoms with Crippen LogP contribution in [0, 0.1) is 0 Å². The van der Waals surface area contributed by atoms with E-state index in [1.165, 1.54) is 11.5 Å². The third-order valence-electron chi connectivity index (χ3n) is 3.55. The molecule has 1 N–H and O–H groups in total. The van der Waals surface area contributed by atoms with E-state index in [9.17, 15) is 4.79 Å². The lowest BCUT2D eigenvalue weighted by Gasteiger charge is -2.22. The van der Waals surface area contributed by atoms with Gasteiger partial charge in [-0.25, -0.2) is 0 Å². The first kappa shape index (κ1) is 14.5. The van der Waals surface area contributed by atoms with E-state index in [-0.39, 0.29) is 11.9 Å². The van der Waals surface area contributed by atoms with Gasteiger partial charge in [0.2, 0.25) is 5.91 Å². The highest BCUT2D eigenvalue weighted by atomic mass is 35.5. The van der Waals surface area contributed by atoms with Gasteiger partial charge in [-0.2, -0.15) is 0 Å². The van der Waals surface area contributed by atoms with Crippen LogP contribution in [0.2, 0.25) is 4.34 Å². The van der Waals surface area contributed by atoms with E-state index in [0.29, 0.717) is 17.4 Å². The minimum atomic E-state index is -0.141. The number of likely N-dealkylation sites (tertiary alicyclic amines) is 1. The van der Waals surface area contributed by atoms with Gasteiger partial charge in [0.25, 0.3) is 0 Å². The first-order chi connectivity index (χ1) is 10.2. The molecule has 6 nitrogen and oxygen atoms in total. The minimum absolute atomic E-state index is 0.0169. The van der Waals surface area contributed by atoms with Crippen molar-refractivity contribution in [2.24, 2.45) is 0 Å². The van der Waals surface area contributed by atoms with Crippen molar-refractivity contribution in [3.63, 3.8) is 0 Å². The molecule has 1 aliphatic rings. The molecule has 1 atom stereocenters. The van der Waals surface area contributed by atoms with Crippen LogP contribution < -0.4 is 5.32 Å². The van der Waals surface area contributed by atoms with Crippen molar-refractivity contribution < 1.29 is 9.21 Å². The van der Waals surface area contributed by atoms with E-state index in [1.807, 2.05) is 6.07 Å². The standard InChI is InChI=1S/C13H15ClN4O2S/c14-12-10(16-17-21-12)8-18-5-1-4-11(18)13(19)15-7-9-3-2-6-20-9/h2-3,6,11H,1,4-5,7-8H2,(H,15,19). The van der Waals surface area contributed by atoms with Crippen LogP contribution in [0.1, 0.15) is 24.3 Å². The van der Waals surface area contributed by atoms with Crippen molar-refractivity contribution >= 4 is 29.0 Å². The summed E-state index contributed by atoms with van der Waals surface area (Å²) in [5, 5.41) is 6.92. The maximum Gasteiger partial charge on any atom is 0.237 e. The molecular formula is C13H15ClN4O2S. The van der Waals surface area contributed by atoms with E-state index in [0.717, 1.165) is 30.8 Å².